The Hall–Kier alpha value is -0.830. The third kappa shape index (κ3) is 1.61. The van der Waals surface area contributed by atoms with E-state index in [0.717, 1.165) is 25.2 Å². The van der Waals surface area contributed by atoms with E-state index in [1.54, 1.807) is 6.26 Å². The lowest BCUT2D eigenvalue weighted by Gasteiger charge is -2.37. The molecule has 0 saturated heterocycles. The van der Waals surface area contributed by atoms with Crippen LogP contribution < -0.4 is 0 Å². The van der Waals surface area contributed by atoms with Gasteiger partial charge in [0, 0.05) is 30.6 Å². The molecule has 1 aromatic rings. The molecule has 1 aliphatic heterocycles. The molecule has 3 nitrogen and oxygen atoms in total. The Morgan fingerprint density at radius 3 is 2.92 bits per heavy atom. The minimum atomic E-state index is 0.245. The first-order valence-corrected chi connectivity index (χ1v) is 4.74. The van der Waals surface area contributed by atoms with E-state index in [4.69, 9.17) is 4.52 Å². The summed E-state index contributed by atoms with van der Waals surface area (Å²) in [5.74, 6) is 0. The molecular formula is C10H16N2O. The number of fused-ring (bicyclic) bond motifs is 1. The fourth-order valence-electron chi connectivity index (χ4n) is 1.71. The van der Waals surface area contributed by atoms with Crippen molar-refractivity contribution in [2.24, 2.45) is 0 Å². The van der Waals surface area contributed by atoms with Crippen LogP contribution in [-0.2, 0) is 13.0 Å². The van der Waals surface area contributed by atoms with E-state index in [2.05, 4.69) is 30.8 Å². The second kappa shape index (κ2) is 2.84. The molecule has 0 fully saturated rings. The van der Waals surface area contributed by atoms with Crippen molar-refractivity contribution in [2.45, 2.75) is 39.3 Å². The highest BCUT2D eigenvalue weighted by Crippen LogP contribution is 2.23. The molecule has 0 bridgehead atoms. The Balaban J connectivity index is 2.18. The minimum absolute atomic E-state index is 0.245. The van der Waals surface area contributed by atoms with E-state index in [-0.39, 0.29) is 5.54 Å². The minimum Gasteiger partial charge on any atom is -0.364 e. The molecule has 0 amide bonds. The summed E-state index contributed by atoms with van der Waals surface area (Å²) in [4.78, 5) is 2.45. The molecule has 0 saturated carbocycles. The normalized spacial score (nSPS) is 18.7. The molecule has 2 rings (SSSR count). The molecule has 3 heteroatoms. The zero-order chi connectivity index (χ0) is 9.47. The maximum atomic E-state index is 4.95. The zero-order valence-electron chi connectivity index (χ0n) is 8.50. The van der Waals surface area contributed by atoms with E-state index in [1.165, 1.54) is 5.56 Å². The van der Waals surface area contributed by atoms with Gasteiger partial charge in [0.2, 0.25) is 0 Å². The third-order valence-corrected chi connectivity index (χ3v) is 2.66. The van der Waals surface area contributed by atoms with Gasteiger partial charge in [-0.2, -0.15) is 0 Å². The predicted octanol–water partition coefficient (Wildman–Crippen LogP) is 1.83. The number of hydrogen-bond donors (Lipinski definition) is 0. The zero-order valence-corrected chi connectivity index (χ0v) is 8.50. The topological polar surface area (TPSA) is 29.3 Å². The molecule has 0 aromatic carbocycles. The number of nitrogens with zero attached hydrogens (tertiary/aromatic N) is 2. The highest BCUT2D eigenvalue weighted by atomic mass is 16.5. The molecular weight excluding hydrogens is 164 g/mol. The Labute approximate surface area is 78.7 Å². The van der Waals surface area contributed by atoms with Gasteiger partial charge in [-0.05, 0) is 20.8 Å². The molecule has 13 heavy (non-hydrogen) atoms. The van der Waals surface area contributed by atoms with Crippen molar-refractivity contribution >= 4 is 0 Å². The summed E-state index contributed by atoms with van der Waals surface area (Å²) in [6.45, 7) is 8.79. The number of rotatable bonds is 0. The van der Waals surface area contributed by atoms with E-state index in [1.807, 2.05) is 0 Å². The predicted molar refractivity (Wildman–Crippen MR) is 50.4 cm³/mol. The lowest BCUT2D eigenvalue weighted by atomic mass is 10.00. The largest absolute Gasteiger partial charge is 0.364 e. The van der Waals surface area contributed by atoms with Gasteiger partial charge < -0.3 is 4.52 Å². The maximum absolute atomic E-state index is 4.95. The van der Waals surface area contributed by atoms with Gasteiger partial charge in [-0.3, -0.25) is 4.90 Å². The average molecular weight is 180 g/mol. The molecule has 0 unspecified atom stereocenters. The first kappa shape index (κ1) is 8.75. The van der Waals surface area contributed by atoms with Crippen molar-refractivity contribution in [1.82, 2.24) is 10.1 Å². The van der Waals surface area contributed by atoms with E-state index in [0.29, 0.717) is 0 Å². The van der Waals surface area contributed by atoms with E-state index >= 15 is 0 Å². The smallest absolute Gasteiger partial charge is 0.128 e. The summed E-state index contributed by atoms with van der Waals surface area (Å²) in [6.07, 6.45) is 2.79. The van der Waals surface area contributed by atoms with Crippen LogP contribution in [0.1, 0.15) is 32.0 Å². The molecule has 1 aliphatic rings. The van der Waals surface area contributed by atoms with E-state index in [9.17, 15) is 0 Å². The number of aromatic nitrogens is 1. The highest BCUT2D eigenvalue weighted by molar-refractivity contribution is 5.18. The molecule has 0 radical (unpaired) electrons. The van der Waals surface area contributed by atoms with Gasteiger partial charge in [0.1, 0.15) is 6.26 Å². The molecule has 0 N–H and O–H groups in total. The lowest BCUT2D eigenvalue weighted by molar-refractivity contribution is 0.120. The van der Waals surface area contributed by atoms with Crippen molar-refractivity contribution in [1.29, 1.82) is 0 Å². The van der Waals surface area contributed by atoms with Crippen LogP contribution in [0.15, 0.2) is 10.8 Å². The van der Waals surface area contributed by atoms with Gasteiger partial charge in [0.25, 0.3) is 0 Å². The maximum Gasteiger partial charge on any atom is 0.128 e. The van der Waals surface area contributed by atoms with Gasteiger partial charge in [-0.25, -0.2) is 0 Å². The first-order valence-electron chi connectivity index (χ1n) is 4.74. The van der Waals surface area contributed by atoms with Gasteiger partial charge in [-0.1, -0.05) is 5.16 Å². The first-order chi connectivity index (χ1) is 6.07. The summed E-state index contributed by atoms with van der Waals surface area (Å²) in [5.41, 5.74) is 2.64. The molecule has 0 spiro atoms. The second-order valence-corrected chi connectivity index (χ2v) is 4.63. The fourth-order valence-corrected chi connectivity index (χ4v) is 1.71. The van der Waals surface area contributed by atoms with Crippen molar-refractivity contribution in [3.05, 3.63) is 17.5 Å². The highest BCUT2D eigenvalue weighted by Gasteiger charge is 2.27. The third-order valence-electron chi connectivity index (χ3n) is 2.66. The summed E-state index contributed by atoms with van der Waals surface area (Å²) >= 11 is 0. The second-order valence-electron chi connectivity index (χ2n) is 4.63. The molecule has 0 aliphatic carbocycles. The van der Waals surface area contributed by atoms with Crippen LogP contribution in [0.25, 0.3) is 0 Å². The van der Waals surface area contributed by atoms with Crippen LogP contribution in [0.3, 0.4) is 0 Å². The Bertz CT molecular complexity index is 298. The van der Waals surface area contributed by atoms with E-state index < -0.39 is 0 Å². The monoisotopic (exact) mass is 180 g/mol. The van der Waals surface area contributed by atoms with Crippen molar-refractivity contribution < 1.29 is 4.52 Å². The quantitative estimate of drug-likeness (QED) is 0.610. The van der Waals surface area contributed by atoms with Crippen LogP contribution in [0.2, 0.25) is 0 Å². The Morgan fingerprint density at radius 1 is 1.46 bits per heavy atom. The van der Waals surface area contributed by atoms with Crippen LogP contribution >= 0.6 is 0 Å². The SMILES string of the molecule is CC(C)(C)N1CCc2nocc2C1. The van der Waals surface area contributed by atoms with Gasteiger partial charge in [0.15, 0.2) is 0 Å². The molecule has 2 heterocycles. The molecule has 1 aromatic heterocycles. The summed E-state index contributed by atoms with van der Waals surface area (Å²) in [7, 11) is 0. The van der Waals surface area contributed by atoms with Crippen LogP contribution in [0, 0.1) is 0 Å². The van der Waals surface area contributed by atoms with Crippen LogP contribution in [0.5, 0.6) is 0 Å². The fraction of sp³-hybridized carbons (Fsp3) is 0.700. The Kier molecular flexibility index (Phi) is 1.91. The lowest BCUT2D eigenvalue weighted by Crippen LogP contribution is -2.44. The summed E-state index contributed by atoms with van der Waals surface area (Å²) in [6, 6.07) is 0. The van der Waals surface area contributed by atoms with Crippen molar-refractivity contribution in [3.8, 4) is 0 Å². The van der Waals surface area contributed by atoms with Crippen molar-refractivity contribution in [2.75, 3.05) is 6.54 Å². The average Bonchev–Trinajstić information content (AvgIpc) is 2.47. The van der Waals surface area contributed by atoms with Gasteiger partial charge in [0.05, 0.1) is 5.69 Å². The van der Waals surface area contributed by atoms with Crippen LogP contribution in [-0.4, -0.2) is 22.1 Å². The molecule has 0 atom stereocenters. The number of hydrogen-bond acceptors (Lipinski definition) is 3. The molecule has 72 valence electrons. The van der Waals surface area contributed by atoms with Crippen LogP contribution in [0.4, 0.5) is 0 Å². The Morgan fingerprint density at radius 2 is 2.23 bits per heavy atom. The van der Waals surface area contributed by atoms with Crippen molar-refractivity contribution in [3.63, 3.8) is 0 Å². The summed E-state index contributed by atoms with van der Waals surface area (Å²) in [5, 5.41) is 3.97. The van der Waals surface area contributed by atoms with Gasteiger partial charge in [-0.15, -0.1) is 0 Å². The summed E-state index contributed by atoms with van der Waals surface area (Å²) < 4.78 is 4.95. The standard InChI is InChI=1S/C10H16N2O/c1-10(2,3)12-5-4-9-8(6-12)7-13-11-9/h7H,4-6H2,1-3H3. The van der Waals surface area contributed by atoms with Gasteiger partial charge >= 0.3 is 0 Å².